The van der Waals surface area contributed by atoms with Crippen LogP contribution in [0.3, 0.4) is 0 Å². The number of nitrogens with zero attached hydrogens (tertiary/aromatic N) is 1. The maximum absolute atomic E-state index is 12.6. The molecule has 2 aromatic carbocycles. The number of aryl methyl sites for hydroxylation is 1. The molecule has 0 aliphatic rings. The third kappa shape index (κ3) is 4.83. The molecule has 2 aromatic rings. The molecule has 0 bridgehead atoms. The number of ether oxygens (including phenoxy) is 2. The molecule has 28 heavy (non-hydrogen) atoms. The van der Waals surface area contributed by atoms with Crippen LogP contribution in [0.4, 0.5) is 11.4 Å². The molecule has 0 aliphatic carbocycles. The Hall–Kier alpha value is -3.46. The van der Waals surface area contributed by atoms with Crippen LogP contribution in [-0.2, 0) is 4.79 Å². The van der Waals surface area contributed by atoms with Gasteiger partial charge in [0.1, 0.15) is 23.1 Å². The Balaban J connectivity index is 2.27. The summed E-state index contributed by atoms with van der Waals surface area (Å²) in [6, 6.07) is 13.0. The number of amides is 1. The Labute approximate surface area is 165 Å². The van der Waals surface area contributed by atoms with Crippen LogP contribution in [0.15, 0.2) is 48.2 Å². The molecule has 2 rings (SSSR count). The molecule has 146 valence electrons. The van der Waals surface area contributed by atoms with Crippen molar-refractivity contribution < 1.29 is 14.3 Å². The summed E-state index contributed by atoms with van der Waals surface area (Å²) < 4.78 is 10.4. The summed E-state index contributed by atoms with van der Waals surface area (Å²) >= 11 is 0. The van der Waals surface area contributed by atoms with Crippen molar-refractivity contribution in [1.82, 2.24) is 0 Å². The Morgan fingerprint density at radius 3 is 2.54 bits per heavy atom. The average molecular weight is 379 g/mol. The Bertz CT molecular complexity index is 927. The highest BCUT2D eigenvalue weighted by atomic mass is 16.5. The van der Waals surface area contributed by atoms with E-state index < -0.39 is 5.91 Å². The summed E-state index contributed by atoms with van der Waals surface area (Å²) in [7, 11) is 3.04. The highest BCUT2D eigenvalue weighted by Gasteiger charge is 2.14. The van der Waals surface area contributed by atoms with Gasteiger partial charge in [0.25, 0.3) is 5.91 Å². The van der Waals surface area contributed by atoms with Crippen molar-refractivity contribution in [3.8, 4) is 17.6 Å². The van der Waals surface area contributed by atoms with E-state index in [1.54, 1.807) is 18.2 Å². The molecule has 0 heterocycles. The zero-order chi connectivity index (χ0) is 20.7. The molecule has 0 saturated heterocycles. The maximum atomic E-state index is 12.6. The number of nitrogens with one attached hydrogen (secondary N) is 2. The van der Waals surface area contributed by atoms with Gasteiger partial charge in [-0.25, -0.2) is 0 Å². The highest BCUT2D eigenvalue weighted by Crippen LogP contribution is 2.30. The van der Waals surface area contributed by atoms with Crippen LogP contribution in [-0.4, -0.2) is 20.1 Å². The minimum absolute atomic E-state index is 0.0529. The second kappa shape index (κ2) is 9.47. The fourth-order valence-electron chi connectivity index (χ4n) is 2.76. The van der Waals surface area contributed by atoms with Gasteiger partial charge in [-0.1, -0.05) is 32.0 Å². The van der Waals surface area contributed by atoms with Crippen molar-refractivity contribution in [2.75, 3.05) is 24.9 Å². The van der Waals surface area contributed by atoms with Gasteiger partial charge in [0, 0.05) is 18.0 Å². The number of hydrogen-bond acceptors (Lipinski definition) is 5. The second-order valence-electron chi connectivity index (χ2n) is 6.53. The molecule has 1 amide bonds. The Morgan fingerprint density at radius 1 is 1.18 bits per heavy atom. The van der Waals surface area contributed by atoms with Gasteiger partial charge in [-0.05, 0) is 36.1 Å². The van der Waals surface area contributed by atoms with Crippen LogP contribution in [0.5, 0.6) is 11.5 Å². The highest BCUT2D eigenvalue weighted by molar-refractivity contribution is 6.07. The summed E-state index contributed by atoms with van der Waals surface area (Å²) in [5.74, 6) is 0.802. The molecular formula is C22H25N3O3. The van der Waals surface area contributed by atoms with E-state index in [9.17, 15) is 10.1 Å². The first-order valence-corrected chi connectivity index (χ1v) is 8.91. The van der Waals surface area contributed by atoms with Gasteiger partial charge < -0.3 is 20.1 Å². The molecule has 2 N–H and O–H groups in total. The topological polar surface area (TPSA) is 83.4 Å². The fourth-order valence-corrected chi connectivity index (χ4v) is 2.76. The van der Waals surface area contributed by atoms with Gasteiger partial charge in [-0.2, -0.15) is 5.26 Å². The van der Waals surface area contributed by atoms with Crippen molar-refractivity contribution in [3.63, 3.8) is 0 Å². The van der Waals surface area contributed by atoms with Crippen LogP contribution in [0, 0.1) is 18.3 Å². The molecule has 0 atom stereocenters. The number of methoxy groups -OCH3 is 2. The van der Waals surface area contributed by atoms with Crippen LogP contribution >= 0.6 is 0 Å². The van der Waals surface area contributed by atoms with Crippen molar-refractivity contribution >= 4 is 17.3 Å². The van der Waals surface area contributed by atoms with Gasteiger partial charge in [0.15, 0.2) is 0 Å². The third-order valence-electron chi connectivity index (χ3n) is 4.31. The van der Waals surface area contributed by atoms with E-state index in [0.717, 1.165) is 16.8 Å². The van der Waals surface area contributed by atoms with Crippen molar-refractivity contribution in [3.05, 3.63) is 59.3 Å². The summed E-state index contributed by atoms with van der Waals surface area (Å²) in [4.78, 5) is 12.6. The first kappa shape index (κ1) is 20.8. The quantitative estimate of drug-likeness (QED) is 0.543. The van der Waals surface area contributed by atoms with Crippen LogP contribution in [0.2, 0.25) is 0 Å². The molecule has 6 nitrogen and oxygen atoms in total. The van der Waals surface area contributed by atoms with Gasteiger partial charge >= 0.3 is 0 Å². The molecule has 0 aliphatic heterocycles. The predicted molar refractivity (Wildman–Crippen MR) is 111 cm³/mol. The largest absolute Gasteiger partial charge is 0.497 e. The van der Waals surface area contributed by atoms with Gasteiger partial charge in [-0.15, -0.1) is 0 Å². The molecular weight excluding hydrogens is 354 g/mol. The van der Waals surface area contributed by atoms with E-state index in [4.69, 9.17) is 9.47 Å². The lowest BCUT2D eigenvalue weighted by atomic mass is 9.98. The lowest BCUT2D eigenvalue weighted by molar-refractivity contribution is -0.112. The van der Waals surface area contributed by atoms with Gasteiger partial charge in [-0.3, -0.25) is 4.79 Å². The number of anilines is 2. The van der Waals surface area contributed by atoms with E-state index in [2.05, 4.69) is 24.5 Å². The first-order chi connectivity index (χ1) is 13.4. The zero-order valence-electron chi connectivity index (χ0n) is 16.8. The number of carbonyl (C=O) groups is 1. The van der Waals surface area contributed by atoms with E-state index in [0.29, 0.717) is 23.1 Å². The molecule has 0 fully saturated rings. The molecule has 0 unspecified atom stereocenters. The Morgan fingerprint density at radius 2 is 1.93 bits per heavy atom. The van der Waals surface area contributed by atoms with Crippen LogP contribution in [0.1, 0.15) is 30.9 Å². The number of benzene rings is 2. The number of hydrogen-bond donors (Lipinski definition) is 2. The molecule has 0 spiro atoms. The van der Waals surface area contributed by atoms with Crippen LogP contribution in [0.25, 0.3) is 0 Å². The maximum Gasteiger partial charge on any atom is 0.267 e. The lowest BCUT2D eigenvalue weighted by Crippen LogP contribution is -2.15. The van der Waals surface area contributed by atoms with E-state index in [-0.39, 0.29) is 5.57 Å². The summed E-state index contributed by atoms with van der Waals surface area (Å²) in [6.07, 6.45) is 1.43. The zero-order valence-corrected chi connectivity index (χ0v) is 16.8. The first-order valence-electron chi connectivity index (χ1n) is 8.91. The van der Waals surface area contributed by atoms with Crippen molar-refractivity contribution in [2.24, 2.45) is 0 Å². The number of nitriles is 1. The number of rotatable bonds is 7. The lowest BCUT2D eigenvalue weighted by Gasteiger charge is -2.15. The molecule has 6 heteroatoms. The third-order valence-corrected chi connectivity index (χ3v) is 4.31. The molecule has 0 aromatic heterocycles. The Kier molecular flexibility index (Phi) is 7.05. The smallest absolute Gasteiger partial charge is 0.267 e. The fraction of sp³-hybridized carbons (Fsp3) is 0.273. The van der Waals surface area contributed by atoms with E-state index >= 15 is 0 Å². The van der Waals surface area contributed by atoms with Crippen molar-refractivity contribution in [2.45, 2.75) is 26.7 Å². The monoisotopic (exact) mass is 379 g/mol. The standard InChI is InChI=1S/C22H25N3O3/c1-14(2)18-8-6-7-15(3)21(18)24-13-16(12-23)22(26)25-19-11-17(27-4)9-10-20(19)28-5/h6-11,13-14,24H,1-5H3,(H,25,26)/b16-13-. The summed E-state index contributed by atoms with van der Waals surface area (Å²) in [5.41, 5.74) is 3.42. The van der Waals surface area contributed by atoms with Crippen LogP contribution < -0.4 is 20.1 Å². The van der Waals surface area contributed by atoms with E-state index in [1.165, 1.54) is 20.4 Å². The summed E-state index contributed by atoms with van der Waals surface area (Å²) in [5, 5.41) is 15.3. The van der Waals surface area contributed by atoms with Crippen molar-refractivity contribution in [1.29, 1.82) is 5.26 Å². The van der Waals surface area contributed by atoms with Gasteiger partial charge in [0.05, 0.1) is 19.9 Å². The second-order valence-corrected chi connectivity index (χ2v) is 6.53. The summed E-state index contributed by atoms with van der Waals surface area (Å²) in [6.45, 7) is 6.17. The minimum atomic E-state index is -0.541. The SMILES string of the molecule is COc1ccc(OC)c(NC(=O)/C(C#N)=C\Nc2c(C)cccc2C(C)C)c1. The normalized spacial score (nSPS) is 11.0. The van der Waals surface area contributed by atoms with E-state index in [1.807, 2.05) is 31.2 Å². The molecule has 0 radical (unpaired) electrons. The van der Waals surface area contributed by atoms with Gasteiger partial charge in [0.2, 0.25) is 0 Å². The minimum Gasteiger partial charge on any atom is -0.497 e. The number of carbonyl (C=O) groups excluding carboxylic acids is 1. The average Bonchev–Trinajstić information content (AvgIpc) is 2.69. The predicted octanol–water partition coefficient (Wildman–Crippen LogP) is 4.59. The number of para-hydroxylation sites is 1. The molecule has 0 saturated carbocycles.